The van der Waals surface area contributed by atoms with Crippen molar-refractivity contribution in [2.45, 2.75) is 44.7 Å². The highest BCUT2D eigenvalue weighted by Gasteiger charge is 2.16. The minimum Gasteiger partial charge on any atom is -0.454 e. The van der Waals surface area contributed by atoms with Gasteiger partial charge >= 0.3 is 0 Å². The van der Waals surface area contributed by atoms with Gasteiger partial charge in [-0.05, 0) is 59.7 Å². The minimum absolute atomic E-state index is 0.0146. The summed E-state index contributed by atoms with van der Waals surface area (Å²) in [6.45, 7) is 0.229. The first-order valence-corrected chi connectivity index (χ1v) is 9.02. The van der Waals surface area contributed by atoms with Crippen molar-refractivity contribution >= 4 is 28.5 Å². The van der Waals surface area contributed by atoms with E-state index >= 15 is 0 Å². The summed E-state index contributed by atoms with van der Waals surface area (Å²) in [6.07, 6.45) is 9.26. The number of nitrogens with one attached hydrogen (secondary N) is 1. The standard InChI is InChI=1S/C17H20IN3O2/c18-13-6-8-15(9-7-13)23-16-10-19-21(11-16)12-17(22)20-14-4-2-1-3-5-14/h6-11,14H,1-5,12H2,(H,20,22). The third kappa shape index (κ3) is 4.95. The summed E-state index contributed by atoms with van der Waals surface area (Å²) in [7, 11) is 0. The zero-order chi connectivity index (χ0) is 16.1. The Balaban J connectivity index is 1.52. The summed E-state index contributed by atoms with van der Waals surface area (Å²) in [6, 6.07) is 8.12. The molecule has 0 radical (unpaired) electrons. The molecule has 23 heavy (non-hydrogen) atoms. The number of hydrogen-bond acceptors (Lipinski definition) is 3. The number of nitrogens with zero attached hydrogens (tertiary/aromatic N) is 2. The minimum atomic E-state index is 0.0146. The molecule has 0 unspecified atom stereocenters. The molecule has 6 heteroatoms. The van der Waals surface area contributed by atoms with E-state index in [1.54, 1.807) is 17.1 Å². The van der Waals surface area contributed by atoms with Gasteiger partial charge in [0.1, 0.15) is 12.3 Å². The van der Waals surface area contributed by atoms with Gasteiger partial charge in [0, 0.05) is 9.61 Å². The summed E-state index contributed by atoms with van der Waals surface area (Å²) in [5, 5.41) is 7.28. The van der Waals surface area contributed by atoms with Crippen LogP contribution in [0.5, 0.6) is 11.5 Å². The molecule has 1 aliphatic rings. The molecule has 3 rings (SSSR count). The number of rotatable bonds is 5. The van der Waals surface area contributed by atoms with Crippen molar-refractivity contribution in [3.63, 3.8) is 0 Å². The molecular formula is C17H20IN3O2. The van der Waals surface area contributed by atoms with Crippen LogP contribution in [0.15, 0.2) is 36.7 Å². The molecule has 0 aliphatic heterocycles. The first-order chi connectivity index (χ1) is 11.2. The molecule has 1 aliphatic carbocycles. The molecule has 0 atom stereocenters. The van der Waals surface area contributed by atoms with E-state index in [4.69, 9.17) is 4.74 Å². The number of carbonyl (C=O) groups excluding carboxylic acids is 1. The Labute approximate surface area is 149 Å². The van der Waals surface area contributed by atoms with Crippen molar-refractivity contribution in [2.75, 3.05) is 0 Å². The lowest BCUT2D eigenvalue weighted by Crippen LogP contribution is -2.38. The number of carbonyl (C=O) groups is 1. The maximum absolute atomic E-state index is 12.1. The topological polar surface area (TPSA) is 56.2 Å². The van der Waals surface area contributed by atoms with Crippen molar-refractivity contribution < 1.29 is 9.53 Å². The second-order valence-corrected chi connectivity index (χ2v) is 7.08. The van der Waals surface area contributed by atoms with Crippen molar-refractivity contribution in [1.29, 1.82) is 0 Å². The Kier molecular flexibility index (Phi) is 5.53. The molecule has 1 aromatic heterocycles. The number of halogens is 1. The fourth-order valence-electron chi connectivity index (χ4n) is 2.79. The Morgan fingerprint density at radius 1 is 1.22 bits per heavy atom. The molecule has 0 bridgehead atoms. The zero-order valence-corrected chi connectivity index (χ0v) is 15.0. The summed E-state index contributed by atoms with van der Waals surface area (Å²) < 4.78 is 8.50. The van der Waals surface area contributed by atoms with E-state index in [2.05, 4.69) is 33.0 Å². The lowest BCUT2D eigenvalue weighted by molar-refractivity contribution is -0.122. The van der Waals surface area contributed by atoms with Gasteiger partial charge in [-0.1, -0.05) is 19.3 Å². The lowest BCUT2D eigenvalue weighted by Gasteiger charge is -2.22. The molecule has 122 valence electrons. The third-order valence-corrected chi connectivity index (χ3v) is 4.65. The highest BCUT2D eigenvalue weighted by molar-refractivity contribution is 14.1. The fourth-order valence-corrected chi connectivity index (χ4v) is 3.15. The number of ether oxygens (including phenoxy) is 1. The highest BCUT2D eigenvalue weighted by Crippen LogP contribution is 2.21. The molecule has 5 nitrogen and oxygen atoms in total. The SMILES string of the molecule is O=C(Cn1cc(Oc2ccc(I)cc2)cn1)NC1CCCCC1. The molecular weight excluding hydrogens is 405 g/mol. The number of amides is 1. The second kappa shape index (κ2) is 7.81. The van der Waals surface area contributed by atoms with Gasteiger partial charge in [-0.2, -0.15) is 5.10 Å². The van der Waals surface area contributed by atoms with Gasteiger partial charge in [-0.15, -0.1) is 0 Å². The molecule has 1 N–H and O–H groups in total. The predicted octanol–water partition coefficient (Wildman–Crippen LogP) is 3.73. The first kappa shape index (κ1) is 16.3. The fraction of sp³-hybridized carbons (Fsp3) is 0.412. The maximum Gasteiger partial charge on any atom is 0.241 e. The summed E-state index contributed by atoms with van der Waals surface area (Å²) in [4.78, 5) is 12.1. The van der Waals surface area contributed by atoms with Gasteiger partial charge in [0.15, 0.2) is 5.75 Å². The largest absolute Gasteiger partial charge is 0.454 e. The van der Waals surface area contributed by atoms with Crippen molar-refractivity contribution in [3.05, 3.63) is 40.2 Å². The van der Waals surface area contributed by atoms with Crippen LogP contribution in [0.2, 0.25) is 0 Å². The maximum atomic E-state index is 12.1. The molecule has 2 aromatic rings. The van der Waals surface area contributed by atoms with E-state index < -0.39 is 0 Å². The highest BCUT2D eigenvalue weighted by atomic mass is 127. The Morgan fingerprint density at radius 2 is 1.96 bits per heavy atom. The van der Waals surface area contributed by atoms with Gasteiger partial charge in [0.2, 0.25) is 5.91 Å². The molecule has 1 saturated carbocycles. The van der Waals surface area contributed by atoms with Crippen LogP contribution in [0.4, 0.5) is 0 Å². The normalized spacial score (nSPS) is 15.3. The van der Waals surface area contributed by atoms with E-state index in [9.17, 15) is 4.79 Å². The van der Waals surface area contributed by atoms with Gasteiger partial charge in [0.05, 0.1) is 12.4 Å². The zero-order valence-electron chi connectivity index (χ0n) is 12.9. The van der Waals surface area contributed by atoms with Gasteiger partial charge in [-0.25, -0.2) is 0 Å². The van der Waals surface area contributed by atoms with Crippen molar-refractivity contribution in [3.8, 4) is 11.5 Å². The average Bonchev–Trinajstić information content (AvgIpc) is 2.97. The van der Waals surface area contributed by atoms with Crippen LogP contribution < -0.4 is 10.1 Å². The Morgan fingerprint density at radius 3 is 2.70 bits per heavy atom. The van der Waals surface area contributed by atoms with Gasteiger partial charge < -0.3 is 10.1 Å². The quantitative estimate of drug-likeness (QED) is 0.743. The predicted molar refractivity (Wildman–Crippen MR) is 96.5 cm³/mol. The van der Waals surface area contributed by atoms with Crippen molar-refractivity contribution in [2.24, 2.45) is 0 Å². The van der Waals surface area contributed by atoms with E-state index in [-0.39, 0.29) is 12.5 Å². The summed E-state index contributed by atoms with van der Waals surface area (Å²) in [5.74, 6) is 1.41. The van der Waals surface area contributed by atoms with E-state index in [1.807, 2.05) is 24.3 Å². The molecule has 0 saturated heterocycles. The average molecular weight is 425 g/mol. The van der Waals surface area contributed by atoms with Crippen LogP contribution in [-0.2, 0) is 11.3 Å². The Bertz CT molecular complexity index is 648. The number of benzene rings is 1. The first-order valence-electron chi connectivity index (χ1n) is 7.94. The van der Waals surface area contributed by atoms with Crippen LogP contribution in [0.3, 0.4) is 0 Å². The molecule has 1 heterocycles. The van der Waals surface area contributed by atoms with E-state index in [0.717, 1.165) is 22.2 Å². The van der Waals surface area contributed by atoms with Crippen molar-refractivity contribution in [1.82, 2.24) is 15.1 Å². The lowest BCUT2D eigenvalue weighted by atomic mass is 9.95. The number of aromatic nitrogens is 2. The van der Waals surface area contributed by atoms with Crippen LogP contribution in [0.25, 0.3) is 0 Å². The molecule has 0 spiro atoms. The van der Waals surface area contributed by atoms with Crippen LogP contribution >= 0.6 is 22.6 Å². The molecule has 1 fully saturated rings. The summed E-state index contributed by atoms with van der Waals surface area (Å²) >= 11 is 2.25. The van der Waals surface area contributed by atoms with Crippen LogP contribution in [0.1, 0.15) is 32.1 Å². The third-order valence-electron chi connectivity index (χ3n) is 3.93. The Hall–Kier alpha value is -1.57. The van der Waals surface area contributed by atoms with Crippen LogP contribution in [0, 0.1) is 3.57 Å². The van der Waals surface area contributed by atoms with E-state index in [0.29, 0.717) is 11.8 Å². The van der Waals surface area contributed by atoms with E-state index in [1.165, 1.54) is 19.3 Å². The van der Waals surface area contributed by atoms with Gasteiger partial charge in [-0.3, -0.25) is 9.48 Å². The van der Waals surface area contributed by atoms with Gasteiger partial charge in [0.25, 0.3) is 0 Å². The monoisotopic (exact) mass is 425 g/mol. The smallest absolute Gasteiger partial charge is 0.241 e. The summed E-state index contributed by atoms with van der Waals surface area (Å²) in [5.41, 5.74) is 0. The molecule has 1 amide bonds. The molecule has 1 aromatic carbocycles. The van der Waals surface area contributed by atoms with Crippen LogP contribution in [-0.4, -0.2) is 21.7 Å². The number of hydrogen-bond donors (Lipinski definition) is 1. The second-order valence-electron chi connectivity index (χ2n) is 5.83.